The van der Waals surface area contributed by atoms with Gasteiger partial charge in [-0.25, -0.2) is 8.78 Å². The average Bonchev–Trinajstić information content (AvgIpc) is 2.44. The first kappa shape index (κ1) is 14.8. The first-order valence-electron chi connectivity index (χ1n) is 6.57. The lowest BCUT2D eigenvalue weighted by atomic mass is 9.84. The SMILES string of the molecule is CCNC1C(CN(C)CC(F)F)CCC1(C)C. The molecule has 0 amide bonds. The van der Waals surface area contributed by atoms with Gasteiger partial charge in [0.05, 0.1) is 6.54 Å². The molecule has 1 aliphatic rings. The summed E-state index contributed by atoms with van der Waals surface area (Å²) >= 11 is 0. The van der Waals surface area contributed by atoms with Crippen molar-refractivity contribution in [2.75, 3.05) is 26.7 Å². The zero-order valence-electron chi connectivity index (χ0n) is 11.5. The predicted molar refractivity (Wildman–Crippen MR) is 67.5 cm³/mol. The zero-order valence-corrected chi connectivity index (χ0v) is 11.5. The highest BCUT2D eigenvalue weighted by Gasteiger charge is 2.41. The third-order valence-electron chi connectivity index (χ3n) is 3.89. The summed E-state index contributed by atoms with van der Waals surface area (Å²) in [5, 5.41) is 3.53. The maximum atomic E-state index is 12.3. The molecule has 1 aliphatic carbocycles. The van der Waals surface area contributed by atoms with Crippen LogP contribution in [0.1, 0.15) is 33.6 Å². The molecule has 1 rings (SSSR count). The molecule has 0 aromatic carbocycles. The molecule has 1 N–H and O–H groups in total. The fourth-order valence-electron chi connectivity index (χ4n) is 3.09. The summed E-state index contributed by atoms with van der Waals surface area (Å²) in [5.41, 5.74) is 0.284. The number of hydrogen-bond donors (Lipinski definition) is 1. The van der Waals surface area contributed by atoms with Crippen LogP contribution in [0.2, 0.25) is 0 Å². The number of halogens is 2. The van der Waals surface area contributed by atoms with E-state index in [4.69, 9.17) is 0 Å². The minimum atomic E-state index is -2.23. The van der Waals surface area contributed by atoms with Crippen molar-refractivity contribution in [3.8, 4) is 0 Å². The van der Waals surface area contributed by atoms with Gasteiger partial charge in [0.2, 0.25) is 0 Å². The molecule has 2 nitrogen and oxygen atoms in total. The van der Waals surface area contributed by atoms with Crippen LogP contribution in [-0.2, 0) is 0 Å². The van der Waals surface area contributed by atoms with Gasteiger partial charge in [0.25, 0.3) is 6.43 Å². The smallest absolute Gasteiger partial charge is 0.251 e. The summed E-state index contributed by atoms with van der Waals surface area (Å²) in [6.45, 7) is 8.25. The van der Waals surface area contributed by atoms with Crippen LogP contribution in [0.3, 0.4) is 0 Å². The predicted octanol–water partition coefficient (Wildman–Crippen LogP) is 2.60. The van der Waals surface area contributed by atoms with Gasteiger partial charge in [0.1, 0.15) is 0 Å². The van der Waals surface area contributed by atoms with E-state index in [9.17, 15) is 8.78 Å². The van der Waals surface area contributed by atoms with Crippen molar-refractivity contribution in [1.82, 2.24) is 10.2 Å². The molecular weight excluding hydrogens is 222 g/mol. The van der Waals surface area contributed by atoms with E-state index in [-0.39, 0.29) is 12.0 Å². The highest BCUT2D eigenvalue weighted by Crippen LogP contribution is 2.41. The number of rotatable bonds is 6. The van der Waals surface area contributed by atoms with Crippen molar-refractivity contribution < 1.29 is 8.78 Å². The molecule has 0 spiro atoms. The number of hydrogen-bond acceptors (Lipinski definition) is 2. The topological polar surface area (TPSA) is 15.3 Å². The molecular formula is C13H26F2N2. The Balaban J connectivity index is 2.52. The molecule has 0 aromatic rings. The maximum Gasteiger partial charge on any atom is 0.251 e. The summed E-state index contributed by atoms with van der Waals surface area (Å²) in [6, 6.07) is 0.452. The molecule has 4 heteroatoms. The molecule has 2 atom stereocenters. The van der Waals surface area contributed by atoms with E-state index < -0.39 is 6.43 Å². The number of nitrogens with zero attached hydrogens (tertiary/aromatic N) is 1. The van der Waals surface area contributed by atoms with Crippen molar-refractivity contribution in [2.45, 2.75) is 46.1 Å². The van der Waals surface area contributed by atoms with E-state index in [0.717, 1.165) is 19.5 Å². The molecule has 17 heavy (non-hydrogen) atoms. The lowest BCUT2D eigenvalue weighted by Crippen LogP contribution is -2.45. The van der Waals surface area contributed by atoms with Gasteiger partial charge in [-0.3, -0.25) is 0 Å². The largest absolute Gasteiger partial charge is 0.313 e. The summed E-state index contributed by atoms with van der Waals surface area (Å²) in [7, 11) is 1.79. The molecule has 0 radical (unpaired) electrons. The molecule has 0 aliphatic heterocycles. The lowest BCUT2D eigenvalue weighted by Gasteiger charge is -2.33. The van der Waals surface area contributed by atoms with E-state index in [1.165, 1.54) is 6.42 Å². The summed E-state index contributed by atoms with van der Waals surface area (Å²) in [5.74, 6) is 0.494. The van der Waals surface area contributed by atoms with E-state index in [1.54, 1.807) is 11.9 Å². The van der Waals surface area contributed by atoms with Crippen molar-refractivity contribution in [2.24, 2.45) is 11.3 Å². The van der Waals surface area contributed by atoms with Gasteiger partial charge >= 0.3 is 0 Å². The highest BCUT2D eigenvalue weighted by atomic mass is 19.3. The fraction of sp³-hybridized carbons (Fsp3) is 1.00. The molecule has 2 unspecified atom stereocenters. The molecule has 0 heterocycles. The lowest BCUT2D eigenvalue weighted by molar-refractivity contribution is 0.0887. The van der Waals surface area contributed by atoms with E-state index in [2.05, 4.69) is 26.1 Å². The summed E-state index contributed by atoms with van der Waals surface area (Å²) in [6.07, 6.45) is 0.0859. The monoisotopic (exact) mass is 248 g/mol. The zero-order chi connectivity index (χ0) is 13.1. The van der Waals surface area contributed by atoms with Crippen LogP contribution in [0.25, 0.3) is 0 Å². The van der Waals surface area contributed by atoms with E-state index >= 15 is 0 Å². The molecule has 102 valence electrons. The second kappa shape index (κ2) is 6.10. The van der Waals surface area contributed by atoms with Gasteiger partial charge in [0.15, 0.2) is 0 Å². The Hall–Kier alpha value is -0.220. The van der Waals surface area contributed by atoms with Crippen molar-refractivity contribution >= 4 is 0 Å². The normalized spacial score (nSPS) is 28.2. The van der Waals surface area contributed by atoms with Gasteiger partial charge in [0, 0.05) is 12.6 Å². The quantitative estimate of drug-likeness (QED) is 0.777. The van der Waals surface area contributed by atoms with Crippen LogP contribution >= 0.6 is 0 Å². The van der Waals surface area contributed by atoms with Gasteiger partial charge < -0.3 is 10.2 Å². The Labute approximate surface area is 104 Å². The van der Waals surface area contributed by atoms with Crippen molar-refractivity contribution in [3.63, 3.8) is 0 Å². The standard InChI is InChI=1S/C13H26F2N2/c1-5-16-12-10(6-7-13(12,2)3)8-17(4)9-11(14)15/h10-12,16H,5-9H2,1-4H3. The van der Waals surface area contributed by atoms with E-state index in [1.807, 2.05) is 0 Å². The number of alkyl halides is 2. The third-order valence-corrected chi connectivity index (χ3v) is 3.89. The molecule has 1 saturated carbocycles. The summed E-state index contributed by atoms with van der Waals surface area (Å²) < 4.78 is 24.6. The minimum Gasteiger partial charge on any atom is -0.313 e. The van der Waals surface area contributed by atoms with Gasteiger partial charge in [-0.1, -0.05) is 20.8 Å². The number of nitrogens with one attached hydrogen (secondary N) is 1. The molecule has 0 saturated heterocycles. The second-order valence-corrected chi connectivity index (χ2v) is 5.93. The van der Waals surface area contributed by atoms with Crippen LogP contribution in [0.15, 0.2) is 0 Å². The Morgan fingerprint density at radius 2 is 2.06 bits per heavy atom. The van der Waals surface area contributed by atoms with Crippen molar-refractivity contribution in [1.29, 1.82) is 0 Å². The minimum absolute atomic E-state index is 0.115. The van der Waals surface area contributed by atoms with Crippen LogP contribution in [-0.4, -0.2) is 44.0 Å². The van der Waals surface area contributed by atoms with E-state index in [0.29, 0.717) is 12.0 Å². The highest BCUT2D eigenvalue weighted by molar-refractivity contribution is 4.96. The van der Waals surface area contributed by atoms with Crippen LogP contribution < -0.4 is 5.32 Å². The molecule has 1 fully saturated rings. The first-order valence-corrected chi connectivity index (χ1v) is 6.57. The summed E-state index contributed by atoms with van der Waals surface area (Å²) in [4.78, 5) is 1.76. The second-order valence-electron chi connectivity index (χ2n) is 5.93. The Morgan fingerprint density at radius 3 is 2.59 bits per heavy atom. The average molecular weight is 248 g/mol. The Kier molecular flexibility index (Phi) is 5.32. The van der Waals surface area contributed by atoms with Gasteiger partial charge in [-0.2, -0.15) is 0 Å². The molecule has 0 aromatic heterocycles. The van der Waals surface area contributed by atoms with Crippen LogP contribution in [0.5, 0.6) is 0 Å². The van der Waals surface area contributed by atoms with Crippen LogP contribution in [0.4, 0.5) is 8.78 Å². The van der Waals surface area contributed by atoms with Gasteiger partial charge in [-0.05, 0) is 37.8 Å². The Morgan fingerprint density at radius 1 is 1.41 bits per heavy atom. The van der Waals surface area contributed by atoms with Crippen LogP contribution in [0, 0.1) is 11.3 Å². The first-order chi connectivity index (χ1) is 7.86. The third kappa shape index (κ3) is 4.18. The fourth-order valence-corrected chi connectivity index (χ4v) is 3.09. The Bertz CT molecular complexity index is 231. The molecule has 0 bridgehead atoms. The van der Waals surface area contributed by atoms with Gasteiger partial charge in [-0.15, -0.1) is 0 Å². The van der Waals surface area contributed by atoms with Crippen molar-refractivity contribution in [3.05, 3.63) is 0 Å². The maximum absolute atomic E-state index is 12.3.